The first kappa shape index (κ1) is 15.1. The molecule has 0 radical (unpaired) electrons. The van der Waals surface area contributed by atoms with Gasteiger partial charge < -0.3 is 20.2 Å². The minimum Gasteiger partial charge on any atom is -0.481 e. The van der Waals surface area contributed by atoms with Crippen LogP contribution in [-0.4, -0.2) is 66.2 Å². The van der Waals surface area contributed by atoms with Gasteiger partial charge in [-0.15, -0.1) is 0 Å². The number of nitrogens with one attached hydrogen (secondary N) is 1. The molecule has 2 amide bonds. The highest BCUT2D eigenvalue weighted by Gasteiger charge is 2.44. The molecule has 0 aromatic rings. The van der Waals surface area contributed by atoms with Crippen LogP contribution in [0.15, 0.2) is 0 Å². The van der Waals surface area contributed by atoms with Crippen molar-refractivity contribution in [2.24, 2.45) is 5.41 Å². The van der Waals surface area contributed by atoms with Crippen molar-refractivity contribution in [3.8, 4) is 0 Å². The predicted octanol–water partition coefficient (Wildman–Crippen LogP) is 0.979. The fourth-order valence-corrected chi connectivity index (χ4v) is 3.10. The van der Waals surface area contributed by atoms with Crippen LogP contribution in [0.5, 0.6) is 0 Å². The number of carboxylic acid groups (broad SMARTS) is 1. The van der Waals surface area contributed by atoms with Crippen molar-refractivity contribution in [1.29, 1.82) is 0 Å². The third-order valence-electron chi connectivity index (χ3n) is 4.67. The number of rotatable bonds is 5. The highest BCUT2D eigenvalue weighted by atomic mass is 16.4. The van der Waals surface area contributed by atoms with E-state index in [0.29, 0.717) is 32.5 Å². The zero-order valence-electron chi connectivity index (χ0n) is 12.2. The summed E-state index contributed by atoms with van der Waals surface area (Å²) in [5, 5.41) is 12.2. The number of carboxylic acids is 1. The van der Waals surface area contributed by atoms with E-state index in [4.69, 9.17) is 0 Å². The van der Waals surface area contributed by atoms with Gasteiger partial charge in [0, 0.05) is 26.2 Å². The van der Waals surface area contributed by atoms with Crippen molar-refractivity contribution in [3.63, 3.8) is 0 Å². The number of nitrogens with zero attached hydrogens (tertiary/aromatic N) is 2. The van der Waals surface area contributed by atoms with E-state index in [2.05, 4.69) is 10.2 Å². The summed E-state index contributed by atoms with van der Waals surface area (Å²) in [5.74, 6) is -0.785. The monoisotopic (exact) mass is 283 g/mol. The van der Waals surface area contributed by atoms with Crippen molar-refractivity contribution in [2.45, 2.75) is 32.6 Å². The van der Waals surface area contributed by atoms with Crippen molar-refractivity contribution < 1.29 is 14.7 Å². The second-order valence-electron chi connectivity index (χ2n) is 5.89. The molecule has 6 heteroatoms. The molecule has 2 N–H and O–H groups in total. The lowest BCUT2D eigenvalue weighted by atomic mass is 9.84. The molecule has 2 saturated heterocycles. The topological polar surface area (TPSA) is 72.9 Å². The number of hydrogen-bond acceptors (Lipinski definition) is 3. The number of urea groups is 1. The van der Waals surface area contributed by atoms with Gasteiger partial charge in [0.15, 0.2) is 0 Å². The fraction of sp³-hybridized carbons (Fsp3) is 0.857. The summed E-state index contributed by atoms with van der Waals surface area (Å²) in [6, 6.07) is -0.124. The summed E-state index contributed by atoms with van der Waals surface area (Å²) in [6.07, 6.45) is 3.62. The molecular formula is C14H25N3O3. The largest absolute Gasteiger partial charge is 0.481 e. The summed E-state index contributed by atoms with van der Waals surface area (Å²) < 4.78 is 0. The SMILES string of the molecule is CCC1(C(=O)O)CCN(C(=O)NCCN2CCCC2)C1. The van der Waals surface area contributed by atoms with Gasteiger partial charge in [-0.25, -0.2) is 4.79 Å². The zero-order valence-corrected chi connectivity index (χ0v) is 12.2. The Morgan fingerprint density at radius 2 is 1.95 bits per heavy atom. The Balaban J connectivity index is 1.74. The Hall–Kier alpha value is -1.30. The molecule has 2 heterocycles. The number of aliphatic carboxylic acids is 1. The van der Waals surface area contributed by atoms with Crippen LogP contribution in [0.2, 0.25) is 0 Å². The van der Waals surface area contributed by atoms with Crippen LogP contribution in [0.25, 0.3) is 0 Å². The quantitative estimate of drug-likeness (QED) is 0.789. The third kappa shape index (κ3) is 3.23. The molecule has 1 atom stereocenters. The second-order valence-corrected chi connectivity index (χ2v) is 5.89. The van der Waals surface area contributed by atoms with Gasteiger partial charge >= 0.3 is 12.0 Å². The lowest BCUT2D eigenvalue weighted by molar-refractivity contribution is -0.148. The molecule has 0 spiro atoms. The van der Waals surface area contributed by atoms with Crippen molar-refractivity contribution in [3.05, 3.63) is 0 Å². The Morgan fingerprint density at radius 1 is 1.25 bits per heavy atom. The summed E-state index contributed by atoms with van der Waals surface area (Å²) in [4.78, 5) is 27.4. The second kappa shape index (κ2) is 6.43. The van der Waals surface area contributed by atoms with Gasteiger partial charge in [0.1, 0.15) is 0 Å². The molecule has 1 unspecified atom stereocenters. The molecule has 0 aromatic heterocycles. The minimum absolute atomic E-state index is 0.124. The molecule has 114 valence electrons. The van der Waals surface area contributed by atoms with E-state index in [1.54, 1.807) is 4.90 Å². The number of amides is 2. The molecule has 0 aromatic carbocycles. The minimum atomic E-state index is -0.785. The van der Waals surface area contributed by atoms with E-state index in [1.165, 1.54) is 12.8 Å². The van der Waals surface area contributed by atoms with E-state index in [0.717, 1.165) is 19.6 Å². The Morgan fingerprint density at radius 3 is 2.50 bits per heavy atom. The lowest BCUT2D eigenvalue weighted by Gasteiger charge is -2.23. The molecule has 0 bridgehead atoms. The van der Waals surface area contributed by atoms with Gasteiger partial charge in [-0.05, 0) is 38.8 Å². The zero-order chi connectivity index (χ0) is 14.6. The average molecular weight is 283 g/mol. The first-order valence-corrected chi connectivity index (χ1v) is 7.56. The first-order chi connectivity index (χ1) is 9.57. The van der Waals surface area contributed by atoms with Crippen LogP contribution in [0.4, 0.5) is 4.79 Å². The molecule has 20 heavy (non-hydrogen) atoms. The normalized spacial score (nSPS) is 26.9. The van der Waals surface area contributed by atoms with E-state index in [-0.39, 0.29) is 6.03 Å². The molecule has 2 aliphatic heterocycles. The standard InChI is InChI=1S/C14H25N3O3/c1-2-14(12(18)19)5-9-17(11-14)13(20)15-6-10-16-7-3-4-8-16/h2-11H2,1H3,(H,15,20)(H,18,19). The van der Waals surface area contributed by atoms with Gasteiger partial charge in [0.2, 0.25) is 0 Å². The van der Waals surface area contributed by atoms with Crippen LogP contribution in [0, 0.1) is 5.41 Å². The van der Waals surface area contributed by atoms with Crippen molar-refractivity contribution in [2.75, 3.05) is 39.3 Å². The van der Waals surface area contributed by atoms with Crippen LogP contribution < -0.4 is 5.32 Å². The summed E-state index contributed by atoms with van der Waals surface area (Å²) >= 11 is 0. The molecule has 6 nitrogen and oxygen atoms in total. The van der Waals surface area contributed by atoms with Gasteiger partial charge in [0.05, 0.1) is 5.41 Å². The van der Waals surface area contributed by atoms with Crippen LogP contribution >= 0.6 is 0 Å². The fourth-order valence-electron chi connectivity index (χ4n) is 3.10. The Bertz CT molecular complexity index is 369. The number of likely N-dealkylation sites (tertiary alicyclic amines) is 2. The average Bonchev–Trinajstić information content (AvgIpc) is 3.08. The molecule has 2 aliphatic rings. The smallest absolute Gasteiger partial charge is 0.317 e. The van der Waals surface area contributed by atoms with Crippen LogP contribution in [0.1, 0.15) is 32.6 Å². The van der Waals surface area contributed by atoms with E-state index in [9.17, 15) is 14.7 Å². The maximum atomic E-state index is 12.0. The van der Waals surface area contributed by atoms with Gasteiger partial charge in [-0.1, -0.05) is 6.92 Å². The van der Waals surface area contributed by atoms with Crippen LogP contribution in [-0.2, 0) is 4.79 Å². The summed E-state index contributed by atoms with van der Waals surface area (Å²) in [7, 11) is 0. The molecule has 2 rings (SSSR count). The van der Waals surface area contributed by atoms with Crippen molar-refractivity contribution in [1.82, 2.24) is 15.1 Å². The van der Waals surface area contributed by atoms with E-state index >= 15 is 0 Å². The van der Waals surface area contributed by atoms with E-state index in [1.807, 2.05) is 6.92 Å². The highest BCUT2D eigenvalue weighted by molar-refractivity contribution is 5.79. The highest BCUT2D eigenvalue weighted by Crippen LogP contribution is 2.34. The maximum absolute atomic E-state index is 12.0. The van der Waals surface area contributed by atoms with Gasteiger partial charge in [-0.2, -0.15) is 0 Å². The summed E-state index contributed by atoms with van der Waals surface area (Å²) in [6.45, 7) is 6.51. The Labute approximate surface area is 120 Å². The number of carbonyl (C=O) groups excluding carboxylic acids is 1. The Kier molecular flexibility index (Phi) is 4.86. The van der Waals surface area contributed by atoms with Gasteiger partial charge in [0.25, 0.3) is 0 Å². The number of hydrogen-bond donors (Lipinski definition) is 2. The van der Waals surface area contributed by atoms with Crippen LogP contribution in [0.3, 0.4) is 0 Å². The molecule has 2 fully saturated rings. The molecule has 0 saturated carbocycles. The predicted molar refractivity (Wildman–Crippen MR) is 75.6 cm³/mol. The van der Waals surface area contributed by atoms with Gasteiger partial charge in [-0.3, -0.25) is 4.79 Å². The van der Waals surface area contributed by atoms with Crippen molar-refractivity contribution >= 4 is 12.0 Å². The molecular weight excluding hydrogens is 258 g/mol. The summed E-state index contributed by atoms with van der Waals surface area (Å²) in [5.41, 5.74) is -0.744. The lowest BCUT2D eigenvalue weighted by Crippen LogP contribution is -2.43. The third-order valence-corrected chi connectivity index (χ3v) is 4.67. The molecule has 0 aliphatic carbocycles. The number of carbonyl (C=O) groups is 2. The first-order valence-electron chi connectivity index (χ1n) is 7.56. The van der Waals surface area contributed by atoms with E-state index < -0.39 is 11.4 Å². The maximum Gasteiger partial charge on any atom is 0.317 e.